The highest BCUT2D eigenvalue weighted by molar-refractivity contribution is 6.32. The largest absolute Gasteiger partial charge is 0.516 e. The molecule has 0 heterocycles. The molecule has 0 radical (unpaired) electrons. The topological polar surface area (TPSA) is 44.8 Å². The van der Waals surface area contributed by atoms with Crippen molar-refractivity contribution in [1.29, 1.82) is 0 Å². The van der Waals surface area contributed by atoms with Crippen LogP contribution in [0.4, 0.5) is 0 Å². The molecule has 0 fully saturated rings. The van der Waals surface area contributed by atoms with Crippen molar-refractivity contribution >= 4 is 15.7 Å². The van der Waals surface area contributed by atoms with E-state index in [-0.39, 0.29) is 11.9 Å². The minimum atomic E-state index is -1.16. The van der Waals surface area contributed by atoms with Crippen LogP contribution in [-0.2, 0) is 18.7 Å². The lowest BCUT2D eigenvalue weighted by Gasteiger charge is -2.16. The Morgan fingerprint density at radius 3 is 2.25 bits per heavy atom. The Balaban J connectivity index is 3.89. The van der Waals surface area contributed by atoms with Gasteiger partial charge in [0.05, 0.1) is 0 Å². The Morgan fingerprint density at radius 2 is 1.81 bits per heavy atom. The van der Waals surface area contributed by atoms with Gasteiger partial charge < -0.3 is 13.9 Å². The van der Waals surface area contributed by atoms with E-state index in [1.165, 1.54) is 0 Å². The Morgan fingerprint density at radius 1 is 1.25 bits per heavy atom. The minimum absolute atomic E-state index is 0.307. The molecule has 0 aliphatic carbocycles. The van der Waals surface area contributed by atoms with Gasteiger partial charge in [-0.25, -0.2) is 4.79 Å². The first-order chi connectivity index (χ1) is 7.65. The number of carbonyl (C=O) groups excluding carboxylic acids is 1. The third-order valence-electron chi connectivity index (χ3n) is 1.90. The van der Waals surface area contributed by atoms with Gasteiger partial charge in [-0.2, -0.15) is 0 Å². The fourth-order valence-electron chi connectivity index (χ4n) is 1.17. The van der Waals surface area contributed by atoms with Crippen LogP contribution in [0.2, 0.25) is 0 Å². The van der Waals surface area contributed by atoms with Gasteiger partial charge in [-0.15, -0.1) is 0 Å². The third-order valence-corrected chi connectivity index (χ3v) is 3.07. The third kappa shape index (κ3) is 6.76. The van der Waals surface area contributed by atoms with Gasteiger partial charge in [0.25, 0.3) is 9.76 Å². The van der Waals surface area contributed by atoms with Gasteiger partial charge in [0, 0.05) is 18.8 Å². The highest BCUT2D eigenvalue weighted by Crippen LogP contribution is 2.04. The van der Waals surface area contributed by atoms with Crippen LogP contribution in [0, 0.1) is 0 Å². The van der Waals surface area contributed by atoms with Crippen LogP contribution in [0.15, 0.2) is 12.2 Å². The molecule has 4 nitrogen and oxygen atoms in total. The van der Waals surface area contributed by atoms with Crippen molar-refractivity contribution in [2.24, 2.45) is 0 Å². The van der Waals surface area contributed by atoms with Crippen LogP contribution in [0.25, 0.3) is 0 Å². The van der Waals surface area contributed by atoms with Gasteiger partial charge >= 0.3 is 5.97 Å². The summed E-state index contributed by atoms with van der Waals surface area (Å²) in [5.74, 6) is -0.647. The fourth-order valence-corrected chi connectivity index (χ4v) is 2.32. The normalized spacial score (nSPS) is 11.2. The summed E-state index contributed by atoms with van der Waals surface area (Å²) in [6.45, 7) is 10.6. The van der Waals surface area contributed by atoms with E-state index >= 15 is 0 Å². The molecule has 0 atom stereocenters. The Bertz CT molecular complexity index is 212. The highest BCUT2D eigenvalue weighted by Gasteiger charge is 2.14. The summed E-state index contributed by atoms with van der Waals surface area (Å²) in [5, 5.41) is 0. The van der Waals surface area contributed by atoms with E-state index in [1.54, 1.807) is 0 Å². The summed E-state index contributed by atoms with van der Waals surface area (Å²) in [6, 6.07) is 0. The summed E-state index contributed by atoms with van der Waals surface area (Å²) in [7, 11) is -1.16. The number of ether oxygens (including phenoxy) is 2. The molecular weight excluding hydrogens is 224 g/mol. The second-order valence-electron chi connectivity index (χ2n) is 3.29. The lowest BCUT2D eigenvalue weighted by atomic mass is 10.2. The lowest BCUT2D eigenvalue weighted by Crippen LogP contribution is -2.29. The van der Waals surface area contributed by atoms with Crippen molar-refractivity contribution in [2.45, 2.75) is 39.5 Å². The van der Waals surface area contributed by atoms with E-state index < -0.39 is 9.76 Å². The predicted octanol–water partition coefficient (Wildman–Crippen LogP) is 1.33. The van der Waals surface area contributed by atoms with Crippen LogP contribution in [0.1, 0.15) is 33.6 Å². The molecule has 16 heavy (non-hydrogen) atoms. The summed E-state index contributed by atoms with van der Waals surface area (Å²) in [5.41, 5.74) is 0.529. The van der Waals surface area contributed by atoms with E-state index in [1.807, 2.05) is 20.8 Å². The van der Waals surface area contributed by atoms with Crippen LogP contribution in [0.3, 0.4) is 0 Å². The maximum Gasteiger partial charge on any atom is 0.319 e. The van der Waals surface area contributed by atoms with E-state index in [4.69, 9.17) is 13.9 Å². The van der Waals surface area contributed by atoms with E-state index in [2.05, 4.69) is 6.58 Å². The average molecular weight is 246 g/mol. The summed E-state index contributed by atoms with van der Waals surface area (Å²) in [6.07, 6.45) is 1.58. The average Bonchev–Trinajstić information content (AvgIpc) is 2.26. The number of rotatable bonds is 9. The number of hydrogen-bond donors (Lipinski definition) is 0. The number of carbonyl (C=O) groups is 1. The molecule has 0 aromatic heterocycles. The minimum Gasteiger partial charge on any atom is -0.516 e. The molecule has 0 N–H and O–H groups in total. The first-order valence-electron chi connectivity index (χ1n) is 5.73. The molecule has 0 saturated heterocycles. The van der Waals surface area contributed by atoms with E-state index in [9.17, 15) is 4.79 Å². The first kappa shape index (κ1) is 15.3. The monoisotopic (exact) mass is 246 g/mol. The van der Waals surface area contributed by atoms with Gasteiger partial charge in [-0.05, 0) is 20.3 Å². The molecule has 0 aromatic rings. The molecule has 0 amide bonds. The molecule has 0 aliphatic rings. The van der Waals surface area contributed by atoms with Crippen LogP contribution >= 0.6 is 0 Å². The first-order valence-corrected chi connectivity index (χ1v) is 7.13. The van der Waals surface area contributed by atoms with Crippen molar-refractivity contribution in [3.63, 3.8) is 0 Å². The van der Waals surface area contributed by atoms with Crippen LogP contribution in [0.5, 0.6) is 0 Å². The lowest BCUT2D eigenvalue weighted by molar-refractivity contribution is -0.133. The molecule has 94 valence electrons. The fraction of sp³-hybridized carbons (Fsp3) is 0.727. The van der Waals surface area contributed by atoms with Gasteiger partial charge in [-0.1, -0.05) is 19.9 Å². The molecule has 0 spiro atoms. The summed E-state index contributed by atoms with van der Waals surface area (Å²) in [4.78, 5) is 11.4. The summed E-state index contributed by atoms with van der Waals surface area (Å²) >= 11 is 0. The quantitative estimate of drug-likeness (QED) is 0.350. The second kappa shape index (κ2) is 9.56. The smallest absolute Gasteiger partial charge is 0.319 e. The van der Waals surface area contributed by atoms with Crippen molar-refractivity contribution in [3.8, 4) is 0 Å². The summed E-state index contributed by atoms with van der Waals surface area (Å²) < 4.78 is 15.8. The Hall–Kier alpha value is -0.653. The molecule has 5 heteroatoms. The van der Waals surface area contributed by atoms with Gasteiger partial charge in [0.1, 0.15) is 0 Å². The zero-order valence-electron chi connectivity index (χ0n) is 10.5. The molecule has 0 aliphatic heterocycles. The van der Waals surface area contributed by atoms with E-state index in [0.717, 1.165) is 6.42 Å². The molecule has 0 rings (SSSR count). The Labute approximate surface area is 99.9 Å². The van der Waals surface area contributed by atoms with Crippen LogP contribution < -0.4 is 0 Å². The standard InChI is InChI=1S/C11H22O4Si/c1-5-8-9(4)10(12)15-16-11(13-6-2)14-7-3/h11H,4-8,16H2,1-3H3. The Kier molecular flexibility index (Phi) is 9.17. The number of hydrogen-bond acceptors (Lipinski definition) is 4. The van der Waals surface area contributed by atoms with E-state index in [0.29, 0.717) is 25.2 Å². The predicted molar refractivity (Wildman–Crippen MR) is 65.7 cm³/mol. The molecule has 0 saturated carbocycles. The van der Waals surface area contributed by atoms with Gasteiger partial charge in [0.15, 0.2) is 5.91 Å². The van der Waals surface area contributed by atoms with Crippen molar-refractivity contribution in [2.75, 3.05) is 13.2 Å². The second-order valence-corrected chi connectivity index (χ2v) is 4.58. The van der Waals surface area contributed by atoms with Crippen molar-refractivity contribution in [3.05, 3.63) is 12.2 Å². The highest BCUT2D eigenvalue weighted by atomic mass is 28.2. The van der Waals surface area contributed by atoms with Crippen molar-refractivity contribution < 1.29 is 18.7 Å². The van der Waals surface area contributed by atoms with Gasteiger partial charge in [0.2, 0.25) is 0 Å². The molecule has 0 unspecified atom stereocenters. The maximum atomic E-state index is 11.4. The molecule has 0 aromatic carbocycles. The maximum absolute atomic E-state index is 11.4. The molecular formula is C11H22O4Si. The van der Waals surface area contributed by atoms with Crippen molar-refractivity contribution in [1.82, 2.24) is 0 Å². The zero-order valence-corrected chi connectivity index (χ0v) is 11.9. The SMILES string of the molecule is C=C(CCC)C(=O)O[SiH2]C(OCC)OCC. The van der Waals surface area contributed by atoms with Crippen LogP contribution in [-0.4, -0.2) is 34.9 Å². The zero-order chi connectivity index (χ0) is 12.4. The molecule has 0 bridgehead atoms. The van der Waals surface area contributed by atoms with Gasteiger partial charge in [-0.3, -0.25) is 0 Å².